The number of primary sulfonamides is 1. The molecule has 1 unspecified atom stereocenters. The molecule has 0 fully saturated rings. The number of carbonyl (C=O) groups excluding carboxylic acids is 1. The summed E-state index contributed by atoms with van der Waals surface area (Å²) in [6, 6.07) is 6.38. The van der Waals surface area contributed by atoms with Gasteiger partial charge in [0.15, 0.2) is 0 Å². The molecule has 0 radical (unpaired) electrons. The van der Waals surface area contributed by atoms with Crippen molar-refractivity contribution in [1.29, 1.82) is 0 Å². The number of benzene rings is 1. The van der Waals surface area contributed by atoms with Crippen molar-refractivity contribution in [3.63, 3.8) is 0 Å². The summed E-state index contributed by atoms with van der Waals surface area (Å²) >= 11 is 0. The quantitative estimate of drug-likeness (QED) is 0.652. The molecule has 2 amide bonds. The Balaban J connectivity index is 2.39. The lowest BCUT2D eigenvalue weighted by molar-refractivity contribution is 0.230. The minimum absolute atomic E-state index is 0.0346. The van der Waals surface area contributed by atoms with Crippen LogP contribution in [0.25, 0.3) is 0 Å². The standard InChI is InChI=1S/C15H26N4O3S/c1-4-12(2)19(3)9-8-17-15(20)18-11-13-6-5-7-14(10-13)23(16,21)22/h5-7,10,12H,4,8-9,11H2,1-3H3,(H2,16,21,22)(H2,17,18,20). The largest absolute Gasteiger partial charge is 0.337 e. The predicted molar refractivity (Wildman–Crippen MR) is 90.4 cm³/mol. The maximum Gasteiger partial charge on any atom is 0.315 e. The highest BCUT2D eigenvalue weighted by Gasteiger charge is 2.09. The second kappa shape index (κ2) is 8.85. The first-order chi connectivity index (χ1) is 10.7. The Bertz CT molecular complexity index is 619. The molecule has 0 aliphatic heterocycles. The summed E-state index contributed by atoms with van der Waals surface area (Å²) in [7, 11) is -1.71. The van der Waals surface area contributed by atoms with Crippen LogP contribution in [0.5, 0.6) is 0 Å². The van der Waals surface area contributed by atoms with Crippen molar-refractivity contribution in [3.8, 4) is 0 Å². The third-order valence-corrected chi connectivity index (χ3v) is 4.68. The van der Waals surface area contributed by atoms with E-state index in [2.05, 4.69) is 29.4 Å². The molecule has 0 spiro atoms. The van der Waals surface area contributed by atoms with Gasteiger partial charge in [-0.15, -0.1) is 0 Å². The van der Waals surface area contributed by atoms with Crippen LogP contribution >= 0.6 is 0 Å². The molecule has 23 heavy (non-hydrogen) atoms. The maximum atomic E-state index is 11.7. The average molecular weight is 342 g/mol. The van der Waals surface area contributed by atoms with Crippen LogP contribution in [0.2, 0.25) is 0 Å². The number of nitrogens with one attached hydrogen (secondary N) is 2. The van der Waals surface area contributed by atoms with Crippen molar-refractivity contribution in [2.75, 3.05) is 20.1 Å². The topological polar surface area (TPSA) is 105 Å². The highest BCUT2D eigenvalue weighted by molar-refractivity contribution is 7.89. The molecule has 1 aromatic rings. The van der Waals surface area contributed by atoms with Gasteiger partial charge in [0.2, 0.25) is 10.0 Å². The van der Waals surface area contributed by atoms with Gasteiger partial charge in [-0.25, -0.2) is 18.4 Å². The van der Waals surface area contributed by atoms with E-state index in [1.54, 1.807) is 12.1 Å². The van der Waals surface area contributed by atoms with E-state index < -0.39 is 10.0 Å². The van der Waals surface area contributed by atoms with Crippen LogP contribution in [0.3, 0.4) is 0 Å². The molecule has 8 heteroatoms. The first-order valence-electron chi connectivity index (χ1n) is 7.57. The normalized spacial score (nSPS) is 12.9. The van der Waals surface area contributed by atoms with Crippen LogP contribution in [0.4, 0.5) is 4.79 Å². The third-order valence-electron chi connectivity index (χ3n) is 3.77. The smallest absolute Gasteiger partial charge is 0.315 e. The number of urea groups is 1. The highest BCUT2D eigenvalue weighted by atomic mass is 32.2. The van der Waals surface area contributed by atoms with Gasteiger partial charge in [-0.1, -0.05) is 19.1 Å². The molecular weight excluding hydrogens is 316 g/mol. The van der Waals surface area contributed by atoms with E-state index in [9.17, 15) is 13.2 Å². The lowest BCUT2D eigenvalue weighted by Crippen LogP contribution is -2.41. The number of carbonyl (C=O) groups is 1. The van der Waals surface area contributed by atoms with Gasteiger partial charge in [-0.3, -0.25) is 0 Å². The van der Waals surface area contributed by atoms with Gasteiger partial charge in [0.25, 0.3) is 0 Å². The van der Waals surface area contributed by atoms with Crippen LogP contribution in [-0.2, 0) is 16.6 Å². The number of amides is 2. The second-order valence-corrected chi connectivity index (χ2v) is 7.10. The number of likely N-dealkylation sites (N-methyl/N-ethyl adjacent to an activating group) is 1. The fourth-order valence-corrected chi connectivity index (χ4v) is 2.54. The maximum absolute atomic E-state index is 11.7. The molecule has 130 valence electrons. The summed E-state index contributed by atoms with van der Waals surface area (Å²) < 4.78 is 22.6. The van der Waals surface area contributed by atoms with Gasteiger partial charge < -0.3 is 15.5 Å². The summed E-state index contributed by atoms with van der Waals surface area (Å²) in [4.78, 5) is 13.9. The van der Waals surface area contributed by atoms with Crippen molar-refractivity contribution < 1.29 is 13.2 Å². The van der Waals surface area contributed by atoms with Crippen LogP contribution in [0.1, 0.15) is 25.8 Å². The monoisotopic (exact) mass is 342 g/mol. The number of nitrogens with two attached hydrogens (primary N) is 1. The van der Waals surface area contributed by atoms with E-state index in [1.165, 1.54) is 12.1 Å². The van der Waals surface area contributed by atoms with Gasteiger partial charge in [0, 0.05) is 25.7 Å². The van der Waals surface area contributed by atoms with Gasteiger partial charge in [0.1, 0.15) is 0 Å². The Morgan fingerprint density at radius 1 is 1.35 bits per heavy atom. The Morgan fingerprint density at radius 2 is 2.04 bits per heavy atom. The van der Waals surface area contributed by atoms with Crippen LogP contribution in [0.15, 0.2) is 29.2 Å². The molecule has 0 saturated heterocycles. The molecule has 0 saturated carbocycles. The van der Waals surface area contributed by atoms with Crippen molar-refractivity contribution in [1.82, 2.24) is 15.5 Å². The first-order valence-corrected chi connectivity index (χ1v) is 9.12. The van der Waals surface area contributed by atoms with E-state index in [0.29, 0.717) is 18.2 Å². The highest BCUT2D eigenvalue weighted by Crippen LogP contribution is 2.09. The van der Waals surface area contributed by atoms with Crippen LogP contribution in [0, 0.1) is 0 Å². The molecule has 7 nitrogen and oxygen atoms in total. The molecule has 0 bridgehead atoms. The number of sulfonamides is 1. The van der Waals surface area contributed by atoms with Crippen molar-refractivity contribution in [2.45, 2.75) is 37.8 Å². The summed E-state index contributed by atoms with van der Waals surface area (Å²) in [6.45, 7) is 5.80. The van der Waals surface area contributed by atoms with Crippen molar-refractivity contribution >= 4 is 16.1 Å². The summed E-state index contributed by atoms with van der Waals surface area (Å²) in [5.74, 6) is 0. The van der Waals surface area contributed by atoms with Crippen LogP contribution in [-0.4, -0.2) is 45.5 Å². The van der Waals surface area contributed by atoms with E-state index in [4.69, 9.17) is 5.14 Å². The summed E-state index contributed by atoms with van der Waals surface area (Å²) in [5.41, 5.74) is 0.670. The van der Waals surface area contributed by atoms with Gasteiger partial charge >= 0.3 is 6.03 Å². The Labute approximate surface area is 138 Å². The summed E-state index contributed by atoms with van der Waals surface area (Å²) in [6.07, 6.45) is 1.06. The zero-order chi connectivity index (χ0) is 17.5. The zero-order valence-electron chi connectivity index (χ0n) is 13.9. The Hall–Kier alpha value is -1.64. The molecular formula is C15H26N4O3S. The zero-order valence-corrected chi connectivity index (χ0v) is 14.7. The fourth-order valence-electron chi connectivity index (χ4n) is 1.96. The molecule has 0 aromatic heterocycles. The first kappa shape index (κ1) is 19.4. The van der Waals surface area contributed by atoms with Gasteiger partial charge in [-0.05, 0) is 38.1 Å². The third kappa shape index (κ3) is 6.98. The van der Waals surface area contributed by atoms with Gasteiger partial charge in [0.05, 0.1) is 4.90 Å². The van der Waals surface area contributed by atoms with Crippen molar-refractivity contribution in [3.05, 3.63) is 29.8 Å². The molecule has 0 aliphatic carbocycles. The van der Waals surface area contributed by atoms with Crippen molar-refractivity contribution in [2.24, 2.45) is 5.14 Å². The van der Waals surface area contributed by atoms with E-state index >= 15 is 0 Å². The van der Waals surface area contributed by atoms with E-state index in [1.807, 2.05) is 7.05 Å². The SMILES string of the molecule is CCC(C)N(C)CCNC(=O)NCc1cccc(S(N)(=O)=O)c1. The molecule has 1 rings (SSSR count). The lowest BCUT2D eigenvalue weighted by Gasteiger charge is -2.23. The minimum Gasteiger partial charge on any atom is -0.337 e. The average Bonchev–Trinajstić information content (AvgIpc) is 2.51. The summed E-state index contributed by atoms with van der Waals surface area (Å²) in [5, 5.41) is 10.5. The molecule has 0 heterocycles. The van der Waals surface area contributed by atoms with Gasteiger partial charge in [-0.2, -0.15) is 0 Å². The minimum atomic E-state index is -3.73. The Kier molecular flexibility index (Phi) is 7.47. The fraction of sp³-hybridized carbons (Fsp3) is 0.533. The molecule has 1 aromatic carbocycles. The molecule has 1 atom stereocenters. The molecule has 4 N–H and O–H groups in total. The number of nitrogens with zero attached hydrogens (tertiary/aromatic N) is 1. The van der Waals surface area contributed by atoms with E-state index in [-0.39, 0.29) is 17.5 Å². The number of hydrogen-bond acceptors (Lipinski definition) is 4. The Morgan fingerprint density at radius 3 is 2.65 bits per heavy atom. The molecule has 0 aliphatic rings. The lowest BCUT2D eigenvalue weighted by atomic mass is 10.2. The predicted octanol–water partition coefficient (Wildman–Crippen LogP) is 0.864. The number of rotatable bonds is 8. The second-order valence-electron chi connectivity index (χ2n) is 5.54. The van der Waals surface area contributed by atoms with Crippen LogP contribution < -0.4 is 15.8 Å². The number of hydrogen-bond donors (Lipinski definition) is 3. The van der Waals surface area contributed by atoms with E-state index in [0.717, 1.165) is 13.0 Å².